The summed E-state index contributed by atoms with van der Waals surface area (Å²) in [5, 5.41) is 13.7. The fourth-order valence-corrected chi connectivity index (χ4v) is 2.44. The van der Waals surface area contributed by atoms with Gasteiger partial charge in [0.1, 0.15) is 18.1 Å². The number of carbonyl (C=O) groups excluding carboxylic acids is 3. The van der Waals surface area contributed by atoms with E-state index in [2.05, 4.69) is 31.3 Å². The topological polar surface area (TPSA) is 105 Å². The number of phenolic OH excluding ortho intramolecular Hbond substituents is 1. The van der Waals surface area contributed by atoms with Crippen molar-refractivity contribution in [3.8, 4) is 5.75 Å². The number of nitrogens with one attached hydrogen (secondary N) is 2. The number of rotatable bonds is 6. The van der Waals surface area contributed by atoms with E-state index in [0.29, 0.717) is 6.07 Å². The van der Waals surface area contributed by atoms with Crippen LogP contribution in [0.2, 0.25) is 0 Å². The molecule has 0 atom stereocenters. The Morgan fingerprint density at radius 1 is 1.15 bits per heavy atom. The zero-order valence-electron chi connectivity index (χ0n) is 13.6. The van der Waals surface area contributed by atoms with E-state index in [9.17, 15) is 28.3 Å². The summed E-state index contributed by atoms with van der Waals surface area (Å²) in [7, 11) is 0. The number of hydrogen-bond acceptors (Lipinski definition) is 5. The fraction of sp³-hybridized carbons (Fsp3) is 0.118. The summed E-state index contributed by atoms with van der Waals surface area (Å²) in [6, 6.07) is 7.03. The third-order valence-electron chi connectivity index (χ3n) is 3.14. The Kier molecular flexibility index (Phi) is 6.83. The third-order valence-corrected chi connectivity index (χ3v) is 3.76. The standard InChI is InChI=1S/C17H13BrF2N2O5/c18-12-5-10(19)6-13(20)16(12)22-14(24)8-27-15(25)7-21-17(26)9-2-1-3-11(23)4-9/h1-6,23H,7-8H2,(H,21,26)(H,22,24). The van der Waals surface area contributed by atoms with Crippen LogP contribution >= 0.6 is 15.9 Å². The zero-order chi connectivity index (χ0) is 20.0. The van der Waals surface area contributed by atoms with Gasteiger partial charge < -0.3 is 20.5 Å². The Bertz CT molecular complexity index is 868. The second kappa shape index (κ2) is 9.08. The summed E-state index contributed by atoms with van der Waals surface area (Å²) >= 11 is 2.91. The van der Waals surface area contributed by atoms with Crippen LogP contribution in [-0.4, -0.2) is 36.0 Å². The van der Waals surface area contributed by atoms with E-state index < -0.39 is 42.6 Å². The van der Waals surface area contributed by atoms with Gasteiger partial charge in [0.15, 0.2) is 12.4 Å². The number of benzene rings is 2. The van der Waals surface area contributed by atoms with Crippen molar-refractivity contribution in [1.29, 1.82) is 0 Å². The van der Waals surface area contributed by atoms with E-state index >= 15 is 0 Å². The minimum atomic E-state index is -1.00. The Morgan fingerprint density at radius 3 is 2.56 bits per heavy atom. The van der Waals surface area contributed by atoms with Crippen molar-refractivity contribution < 1.29 is 33.0 Å². The van der Waals surface area contributed by atoms with Crippen molar-refractivity contribution >= 4 is 39.4 Å². The van der Waals surface area contributed by atoms with Crippen LogP contribution in [0.1, 0.15) is 10.4 Å². The van der Waals surface area contributed by atoms with E-state index in [-0.39, 0.29) is 21.5 Å². The highest BCUT2D eigenvalue weighted by atomic mass is 79.9. The quantitative estimate of drug-likeness (QED) is 0.595. The summed E-state index contributed by atoms with van der Waals surface area (Å²) in [6.07, 6.45) is 0. The SMILES string of the molecule is O=C(COC(=O)CNC(=O)c1cccc(O)c1)Nc1c(F)cc(F)cc1Br. The molecule has 0 radical (unpaired) electrons. The molecule has 27 heavy (non-hydrogen) atoms. The Labute approximate surface area is 160 Å². The maximum atomic E-state index is 13.6. The first-order valence-corrected chi connectivity index (χ1v) is 8.23. The lowest BCUT2D eigenvalue weighted by Crippen LogP contribution is -2.32. The molecule has 0 spiro atoms. The summed E-state index contributed by atoms with van der Waals surface area (Å²) < 4.78 is 31.3. The van der Waals surface area contributed by atoms with Gasteiger partial charge in [-0.05, 0) is 40.2 Å². The molecule has 0 saturated carbocycles. The Balaban J connectivity index is 1.80. The number of aromatic hydroxyl groups is 1. The highest BCUT2D eigenvalue weighted by molar-refractivity contribution is 9.10. The number of hydrogen-bond donors (Lipinski definition) is 3. The smallest absolute Gasteiger partial charge is 0.325 e. The maximum Gasteiger partial charge on any atom is 0.325 e. The van der Waals surface area contributed by atoms with Gasteiger partial charge in [0.25, 0.3) is 11.8 Å². The molecule has 7 nitrogen and oxygen atoms in total. The van der Waals surface area contributed by atoms with Gasteiger partial charge in [-0.1, -0.05) is 6.07 Å². The van der Waals surface area contributed by atoms with Crippen molar-refractivity contribution in [2.75, 3.05) is 18.5 Å². The van der Waals surface area contributed by atoms with Gasteiger partial charge in [0.05, 0.1) is 5.69 Å². The van der Waals surface area contributed by atoms with Crippen LogP contribution < -0.4 is 10.6 Å². The van der Waals surface area contributed by atoms with Gasteiger partial charge >= 0.3 is 5.97 Å². The fourth-order valence-electron chi connectivity index (χ4n) is 1.94. The van der Waals surface area contributed by atoms with Crippen LogP contribution in [0.3, 0.4) is 0 Å². The Morgan fingerprint density at radius 2 is 1.89 bits per heavy atom. The van der Waals surface area contributed by atoms with Gasteiger partial charge in [-0.25, -0.2) is 8.78 Å². The molecule has 0 heterocycles. The van der Waals surface area contributed by atoms with Crippen molar-refractivity contribution in [1.82, 2.24) is 5.32 Å². The highest BCUT2D eigenvalue weighted by Gasteiger charge is 2.15. The molecule has 10 heteroatoms. The van der Waals surface area contributed by atoms with Crippen LogP contribution in [0.4, 0.5) is 14.5 Å². The average molecular weight is 443 g/mol. The number of amides is 2. The van der Waals surface area contributed by atoms with Gasteiger partial charge in [0.2, 0.25) is 0 Å². The van der Waals surface area contributed by atoms with Crippen LogP contribution in [0.5, 0.6) is 5.75 Å². The second-order valence-electron chi connectivity index (χ2n) is 5.19. The lowest BCUT2D eigenvalue weighted by molar-refractivity contribution is -0.146. The molecule has 0 saturated heterocycles. The first-order valence-electron chi connectivity index (χ1n) is 7.43. The number of ether oxygens (including phenoxy) is 1. The van der Waals surface area contributed by atoms with E-state index in [0.717, 1.165) is 6.07 Å². The molecule has 2 aromatic rings. The molecule has 2 aromatic carbocycles. The first-order chi connectivity index (χ1) is 12.8. The van der Waals surface area contributed by atoms with Crippen LogP contribution in [0, 0.1) is 11.6 Å². The molecule has 2 amide bonds. The minimum absolute atomic E-state index is 0.0157. The molecule has 0 aliphatic rings. The van der Waals surface area contributed by atoms with Crippen molar-refractivity contribution in [2.45, 2.75) is 0 Å². The minimum Gasteiger partial charge on any atom is -0.508 e. The largest absolute Gasteiger partial charge is 0.508 e. The van der Waals surface area contributed by atoms with Crippen LogP contribution in [0.15, 0.2) is 40.9 Å². The van der Waals surface area contributed by atoms with E-state index in [1.54, 1.807) is 0 Å². The maximum absolute atomic E-state index is 13.6. The molecule has 0 aliphatic heterocycles. The van der Waals surface area contributed by atoms with Crippen LogP contribution in [-0.2, 0) is 14.3 Å². The molecule has 3 N–H and O–H groups in total. The number of phenols is 1. The highest BCUT2D eigenvalue weighted by Crippen LogP contribution is 2.26. The molecular formula is C17H13BrF2N2O5. The van der Waals surface area contributed by atoms with Crippen molar-refractivity contribution in [3.63, 3.8) is 0 Å². The van der Waals surface area contributed by atoms with E-state index in [1.165, 1.54) is 24.3 Å². The number of carbonyl (C=O) groups is 3. The number of halogens is 3. The lowest BCUT2D eigenvalue weighted by atomic mass is 10.2. The molecule has 0 fully saturated rings. The number of anilines is 1. The molecule has 2 rings (SSSR count). The summed E-state index contributed by atoms with van der Waals surface area (Å²) in [5.74, 6) is -4.32. The lowest BCUT2D eigenvalue weighted by Gasteiger charge is -2.10. The van der Waals surface area contributed by atoms with E-state index in [4.69, 9.17) is 0 Å². The Hall–Kier alpha value is -3.01. The van der Waals surface area contributed by atoms with Crippen molar-refractivity contribution in [3.05, 3.63) is 58.1 Å². The molecule has 0 bridgehead atoms. The molecule has 0 aromatic heterocycles. The first kappa shape index (κ1) is 20.3. The second-order valence-corrected chi connectivity index (χ2v) is 6.04. The van der Waals surface area contributed by atoms with Gasteiger partial charge in [0, 0.05) is 16.1 Å². The van der Waals surface area contributed by atoms with Gasteiger partial charge in [-0.3, -0.25) is 14.4 Å². The predicted molar refractivity (Wildman–Crippen MR) is 94.1 cm³/mol. The third kappa shape index (κ3) is 6.03. The molecular weight excluding hydrogens is 430 g/mol. The van der Waals surface area contributed by atoms with Crippen LogP contribution in [0.25, 0.3) is 0 Å². The number of esters is 1. The van der Waals surface area contributed by atoms with E-state index in [1.807, 2.05) is 0 Å². The van der Waals surface area contributed by atoms with Gasteiger partial charge in [-0.15, -0.1) is 0 Å². The summed E-state index contributed by atoms with van der Waals surface area (Å²) in [6.45, 7) is -1.25. The average Bonchev–Trinajstić information content (AvgIpc) is 2.60. The zero-order valence-corrected chi connectivity index (χ0v) is 15.2. The summed E-state index contributed by atoms with van der Waals surface area (Å²) in [5.41, 5.74) is -0.160. The molecule has 142 valence electrons. The van der Waals surface area contributed by atoms with Gasteiger partial charge in [-0.2, -0.15) is 0 Å². The monoisotopic (exact) mass is 442 g/mol. The summed E-state index contributed by atoms with van der Waals surface area (Å²) in [4.78, 5) is 35.1. The van der Waals surface area contributed by atoms with Crippen molar-refractivity contribution in [2.24, 2.45) is 0 Å². The normalized spacial score (nSPS) is 10.2. The predicted octanol–water partition coefficient (Wildman–Crippen LogP) is 2.34. The molecule has 0 aliphatic carbocycles. The molecule has 0 unspecified atom stereocenters.